The Bertz CT molecular complexity index is 1000. The lowest BCUT2D eigenvalue weighted by atomic mass is 9.87. The van der Waals surface area contributed by atoms with Gasteiger partial charge in [0.1, 0.15) is 36.1 Å². The van der Waals surface area contributed by atoms with E-state index in [1.54, 1.807) is 12.2 Å². The van der Waals surface area contributed by atoms with Crippen LogP contribution in [0.5, 0.6) is 17.2 Å². The summed E-state index contributed by atoms with van der Waals surface area (Å²) in [6.45, 7) is 12.9. The van der Waals surface area contributed by atoms with E-state index in [-0.39, 0.29) is 0 Å². The molecule has 2 aromatic carbocycles. The van der Waals surface area contributed by atoms with Crippen molar-refractivity contribution in [2.75, 3.05) is 13.2 Å². The minimum absolute atomic E-state index is 0.420. The Morgan fingerprint density at radius 3 is 2.52 bits per heavy atom. The van der Waals surface area contributed by atoms with E-state index in [2.05, 4.69) is 34.3 Å². The fraction of sp³-hybridized carbons (Fsp3) is 0.346. The van der Waals surface area contributed by atoms with E-state index in [4.69, 9.17) is 19.3 Å². The largest absolute Gasteiger partial charge is 0.489 e. The van der Waals surface area contributed by atoms with Gasteiger partial charge in [-0.05, 0) is 81.0 Å². The van der Waals surface area contributed by atoms with Crippen molar-refractivity contribution in [1.29, 1.82) is 0 Å². The standard InChI is InChI=1S/C26H30O5/c1-6-15-29-24-17(2)18(3)25-22(19(24)4)13-14-26(5,31-25)16-30-21-10-7-20(8-11-21)9-12-23(27)28/h6-12H,1,13-16H2,2-5H3,(H,27,28). The second-order valence-corrected chi connectivity index (χ2v) is 8.19. The molecule has 31 heavy (non-hydrogen) atoms. The molecule has 0 bridgehead atoms. The van der Waals surface area contributed by atoms with E-state index in [0.717, 1.165) is 58.4 Å². The lowest BCUT2D eigenvalue weighted by molar-refractivity contribution is -0.131. The first-order chi connectivity index (χ1) is 14.7. The SMILES string of the molecule is C=CCOc1c(C)c(C)c2c(c1C)CCC(C)(COc1ccc(C=CC(=O)O)cc1)O2. The second-order valence-electron chi connectivity index (χ2n) is 8.19. The zero-order chi connectivity index (χ0) is 22.6. The molecule has 1 heterocycles. The van der Waals surface area contributed by atoms with E-state index in [1.807, 2.05) is 24.3 Å². The lowest BCUT2D eigenvalue weighted by Gasteiger charge is -2.38. The maximum Gasteiger partial charge on any atom is 0.328 e. The summed E-state index contributed by atoms with van der Waals surface area (Å²) in [5, 5.41) is 8.73. The van der Waals surface area contributed by atoms with Crippen molar-refractivity contribution in [3.8, 4) is 17.2 Å². The normalized spacial score (nSPS) is 17.7. The number of carbonyl (C=O) groups is 1. The third kappa shape index (κ3) is 5.10. The molecule has 0 radical (unpaired) electrons. The topological polar surface area (TPSA) is 65.0 Å². The van der Waals surface area contributed by atoms with Gasteiger partial charge >= 0.3 is 5.97 Å². The molecule has 0 aromatic heterocycles. The number of aliphatic carboxylic acids is 1. The number of ether oxygens (including phenoxy) is 3. The Kier molecular flexibility index (Phi) is 6.74. The van der Waals surface area contributed by atoms with Crippen molar-refractivity contribution in [2.24, 2.45) is 0 Å². The first kappa shape index (κ1) is 22.5. The molecule has 1 N–H and O–H groups in total. The van der Waals surface area contributed by atoms with Crippen LogP contribution in [0.2, 0.25) is 0 Å². The van der Waals surface area contributed by atoms with Crippen LogP contribution in [0.3, 0.4) is 0 Å². The smallest absolute Gasteiger partial charge is 0.328 e. The predicted molar refractivity (Wildman–Crippen MR) is 122 cm³/mol. The van der Waals surface area contributed by atoms with E-state index >= 15 is 0 Å². The molecule has 0 fully saturated rings. The molecule has 0 amide bonds. The summed E-state index contributed by atoms with van der Waals surface area (Å²) in [5.41, 5.74) is 4.89. The van der Waals surface area contributed by atoms with Gasteiger partial charge in [0.25, 0.3) is 0 Å². The highest BCUT2D eigenvalue weighted by Crippen LogP contribution is 2.43. The van der Waals surface area contributed by atoms with E-state index in [9.17, 15) is 4.79 Å². The number of fused-ring (bicyclic) bond motifs is 1. The van der Waals surface area contributed by atoms with Gasteiger partial charge in [-0.3, -0.25) is 0 Å². The van der Waals surface area contributed by atoms with E-state index in [0.29, 0.717) is 13.2 Å². The monoisotopic (exact) mass is 422 g/mol. The van der Waals surface area contributed by atoms with Crippen LogP contribution in [0, 0.1) is 20.8 Å². The van der Waals surface area contributed by atoms with Gasteiger partial charge in [0.05, 0.1) is 0 Å². The number of rotatable bonds is 8. The van der Waals surface area contributed by atoms with Crippen LogP contribution in [-0.4, -0.2) is 29.9 Å². The first-order valence-electron chi connectivity index (χ1n) is 10.4. The van der Waals surface area contributed by atoms with Gasteiger partial charge in [0.15, 0.2) is 0 Å². The Balaban J connectivity index is 1.73. The van der Waals surface area contributed by atoms with Crippen molar-refractivity contribution in [2.45, 2.75) is 46.1 Å². The van der Waals surface area contributed by atoms with Crippen LogP contribution in [0.25, 0.3) is 6.08 Å². The highest BCUT2D eigenvalue weighted by Gasteiger charge is 2.35. The Morgan fingerprint density at radius 1 is 1.16 bits per heavy atom. The van der Waals surface area contributed by atoms with Crippen LogP contribution in [0.4, 0.5) is 0 Å². The molecule has 1 aliphatic rings. The molecule has 0 saturated carbocycles. The molecule has 1 unspecified atom stereocenters. The van der Waals surface area contributed by atoms with Crippen molar-refractivity contribution in [3.05, 3.63) is 70.8 Å². The maximum atomic E-state index is 10.6. The Hall–Kier alpha value is -3.21. The molecule has 1 aliphatic heterocycles. The quantitative estimate of drug-likeness (QED) is 0.453. The molecule has 0 spiro atoms. The van der Waals surface area contributed by atoms with E-state index < -0.39 is 11.6 Å². The van der Waals surface area contributed by atoms with Gasteiger partial charge < -0.3 is 19.3 Å². The van der Waals surface area contributed by atoms with Gasteiger partial charge in [-0.25, -0.2) is 4.79 Å². The summed E-state index contributed by atoms with van der Waals surface area (Å²) in [6, 6.07) is 7.33. The van der Waals surface area contributed by atoms with Crippen LogP contribution in [0.15, 0.2) is 43.0 Å². The number of carboxylic acid groups (broad SMARTS) is 1. The van der Waals surface area contributed by atoms with E-state index in [1.165, 1.54) is 5.56 Å². The third-order valence-electron chi connectivity index (χ3n) is 5.75. The number of hydrogen-bond donors (Lipinski definition) is 1. The molecule has 3 rings (SSSR count). The minimum Gasteiger partial charge on any atom is -0.489 e. The third-order valence-corrected chi connectivity index (χ3v) is 5.75. The molecule has 5 heteroatoms. The number of carboxylic acids is 1. The molecular weight excluding hydrogens is 392 g/mol. The summed E-state index contributed by atoms with van der Waals surface area (Å²) in [6.07, 6.45) is 6.15. The highest BCUT2D eigenvalue weighted by molar-refractivity contribution is 5.85. The van der Waals surface area contributed by atoms with Crippen molar-refractivity contribution in [3.63, 3.8) is 0 Å². The summed E-state index contributed by atoms with van der Waals surface area (Å²) < 4.78 is 18.5. The summed E-state index contributed by atoms with van der Waals surface area (Å²) in [4.78, 5) is 10.6. The second kappa shape index (κ2) is 9.29. The van der Waals surface area contributed by atoms with Crippen molar-refractivity contribution in [1.82, 2.24) is 0 Å². The van der Waals surface area contributed by atoms with Gasteiger partial charge in [-0.15, -0.1) is 0 Å². The molecular formula is C26H30O5. The van der Waals surface area contributed by atoms with Crippen LogP contribution in [0.1, 0.15) is 41.2 Å². The van der Waals surface area contributed by atoms with Crippen molar-refractivity contribution < 1.29 is 24.1 Å². The maximum absolute atomic E-state index is 10.6. The van der Waals surface area contributed by atoms with Gasteiger partial charge in [-0.1, -0.05) is 24.8 Å². The van der Waals surface area contributed by atoms with Crippen LogP contribution in [-0.2, 0) is 11.2 Å². The highest BCUT2D eigenvalue weighted by atomic mass is 16.5. The van der Waals surface area contributed by atoms with Crippen LogP contribution >= 0.6 is 0 Å². The average molecular weight is 423 g/mol. The van der Waals surface area contributed by atoms with Gasteiger partial charge in [-0.2, -0.15) is 0 Å². The summed E-state index contributed by atoms with van der Waals surface area (Å²) in [7, 11) is 0. The van der Waals surface area contributed by atoms with Gasteiger partial charge in [0, 0.05) is 11.6 Å². The molecule has 5 nitrogen and oxygen atoms in total. The number of benzene rings is 2. The fourth-order valence-electron chi connectivity index (χ4n) is 3.82. The summed E-state index contributed by atoms with van der Waals surface area (Å²) >= 11 is 0. The van der Waals surface area contributed by atoms with Gasteiger partial charge in [0.2, 0.25) is 0 Å². The number of hydrogen-bond acceptors (Lipinski definition) is 4. The molecule has 2 aromatic rings. The average Bonchev–Trinajstić information content (AvgIpc) is 2.75. The fourth-order valence-corrected chi connectivity index (χ4v) is 3.82. The zero-order valence-corrected chi connectivity index (χ0v) is 18.7. The molecule has 0 saturated heterocycles. The summed E-state index contributed by atoms with van der Waals surface area (Å²) in [5.74, 6) is 1.62. The zero-order valence-electron chi connectivity index (χ0n) is 18.7. The lowest BCUT2D eigenvalue weighted by Crippen LogP contribution is -2.42. The van der Waals surface area contributed by atoms with Crippen LogP contribution < -0.4 is 14.2 Å². The molecule has 1 atom stereocenters. The predicted octanol–water partition coefficient (Wildman–Crippen LogP) is 5.44. The first-order valence-corrected chi connectivity index (χ1v) is 10.4. The van der Waals surface area contributed by atoms with Crippen molar-refractivity contribution >= 4 is 12.0 Å². The minimum atomic E-state index is -0.969. The Morgan fingerprint density at radius 2 is 1.87 bits per heavy atom. The Labute approximate surface area is 184 Å². The molecule has 0 aliphatic carbocycles. The molecule has 164 valence electrons.